The van der Waals surface area contributed by atoms with Crippen molar-refractivity contribution in [1.29, 1.82) is 0 Å². The van der Waals surface area contributed by atoms with Crippen LogP contribution in [0.15, 0.2) is 42.5 Å². The van der Waals surface area contributed by atoms with Crippen LogP contribution in [0.3, 0.4) is 0 Å². The van der Waals surface area contributed by atoms with Crippen molar-refractivity contribution in [2.45, 2.75) is 6.36 Å². The Labute approximate surface area is 133 Å². The number of alkyl halides is 3. The Hall–Kier alpha value is -2.54. The largest absolute Gasteiger partial charge is 0.573 e. The summed E-state index contributed by atoms with van der Waals surface area (Å²) in [6.45, 7) is 0. The fraction of sp³-hybridized carbons (Fsp3) is 0.0667. The van der Waals surface area contributed by atoms with Gasteiger partial charge in [-0.25, -0.2) is 4.90 Å². The van der Waals surface area contributed by atoms with Crippen molar-refractivity contribution in [3.8, 4) is 5.75 Å². The third-order valence-corrected chi connectivity index (χ3v) is 3.49. The number of benzene rings is 2. The first-order valence-corrected chi connectivity index (χ1v) is 6.69. The van der Waals surface area contributed by atoms with Crippen LogP contribution in [0.25, 0.3) is 0 Å². The molecule has 0 bridgehead atoms. The lowest BCUT2D eigenvalue weighted by Crippen LogP contribution is -2.29. The normalized spacial score (nSPS) is 14.2. The van der Waals surface area contributed by atoms with Crippen molar-refractivity contribution in [2.75, 3.05) is 4.90 Å². The molecule has 23 heavy (non-hydrogen) atoms. The van der Waals surface area contributed by atoms with Crippen molar-refractivity contribution in [3.05, 3.63) is 58.6 Å². The SMILES string of the molecule is O=C1c2ccccc2C(=O)N1c1ccc(OC(F)(F)F)cc1Cl. The summed E-state index contributed by atoms with van der Waals surface area (Å²) in [5.41, 5.74) is 0.417. The summed E-state index contributed by atoms with van der Waals surface area (Å²) in [6, 6.07) is 9.21. The number of hydrogen-bond donors (Lipinski definition) is 0. The first kappa shape index (κ1) is 15.4. The molecule has 0 saturated heterocycles. The Morgan fingerprint density at radius 3 is 2.00 bits per heavy atom. The number of halogens is 4. The molecule has 2 aromatic carbocycles. The summed E-state index contributed by atoms with van der Waals surface area (Å²) in [5.74, 6) is -1.71. The lowest BCUT2D eigenvalue weighted by atomic mass is 10.1. The summed E-state index contributed by atoms with van der Waals surface area (Å²) in [7, 11) is 0. The highest BCUT2D eigenvalue weighted by molar-refractivity contribution is 6.39. The van der Waals surface area contributed by atoms with E-state index in [0.717, 1.165) is 23.1 Å². The van der Waals surface area contributed by atoms with Crippen LogP contribution >= 0.6 is 11.6 Å². The lowest BCUT2D eigenvalue weighted by molar-refractivity contribution is -0.274. The second-order valence-corrected chi connectivity index (χ2v) is 5.06. The first-order valence-electron chi connectivity index (χ1n) is 6.31. The van der Waals surface area contributed by atoms with E-state index in [2.05, 4.69) is 4.74 Å². The fourth-order valence-electron chi connectivity index (χ4n) is 2.27. The number of imide groups is 1. The van der Waals surface area contributed by atoms with Gasteiger partial charge in [-0.1, -0.05) is 23.7 Å². The van der Waals surface area contributed by atoms with E-state index in [4.69, 9.17) is 11.6 Å². The highest BCUT2D eigenvalue weighted by Gasteiger charge is 2.37. The molecule has 0 spiro atoms. The van der Waals surface area contributed by atoms with Gasteiger partial charge in [-0.3, -0.25) is 9.59 Å². The summed E-state index contributed by atoms with van der Waals surface area (Å²) in [6.07, 6.45) is -4.86. The number of anilines is 1. The van der Waals surface area contributed by atoms with Gasteiger partial charge in [-0.15, -0.1) is 13.2 Å². The fourth-order valence-corrected chi connectivity index (χ4v) is 2.53. The maximum atomic E-state index is 12.3. The average molecular weight is 342 g/mol. The predicted molar refractivity (Wildman–Crippen MR) is 75.7 cm³/mol. The van der Waals surface area contributed by atoms with Crippen LogP contribution in [0.4, 0.5) is 18.9 Å². The number of carbonyl (C=O) groups excluding carboxylic acids is 2. The van der Waals surface area contributed by atoms with Gasteiger partial charge >= 0.3 is 6.36 Å². The van der Waals surface area contributed by atoms with Crippen LogP contribution in [0.5, 0.6) is 5.75 Å². The molecule has 0 atom stereocenters. The van der Waals surface area contributed by atoms with Crippen molar-refractivity contribution in [1.82, 2.24) is 0 Å². The topological polar surface area (TPSA) is 46.6 Å². The van der Waals surface area contributed by atoms with Gasteiger partial charge in [-0.2, -0.15) is 0 Å². The van der Waals surface area contributed by atoms with E-state index in [1.807, 2.05) is 0 Å². The van der Waals surface area contributed by atoms with Crippen LogP contribution in [-0.4, -0.2) is 18.2 Å². The zero-order valence-corrected chi connectivity index (χ0v) is 12.0. The maximum Gasteiger partial charge on any atom is 0.573 e. The van der Waals surface area contributed by atoms with E-state index in [0.29, 0.717) is 0 Å². The van der Waals surface area contributed by atoms with E-state index < -0.39 is 23.9 Å². The number of carbonyl (C=O) groups is 2. The van der Waals surface area contributed by atoms with E-state index >= 15 is 0 Å². The predicted octanol–water partition coefficient (Wildman–Crippen LogP) is 4.04. The van der Waals surface area contributed by atoms with Crippen LogP contribution in [0.1, 0.15) is 20.7 Å². The molecule has 3 rings (SSSR count). The van der Waals surface area contributed by atoms with Crippen LogP contribution in [0.2, 0.25) is 5.02 Å². The number of ether oxygens (including phenoxy) is 1. The monoisotopic (exact) mass is 341 g/mol. The van der Waals surface area contributed by atoms with Crippen molar-refractivity contribution in [3.63, 3.8) is 0 Å². The van der Waals surface area contributed by atoms with Gasteiger partial charge in [0.05, 0.1) is 21.8 Å². The van der Waals surface area contributed by atoms with Gasteiger partial charge in [0.15, 0.2) is 0 Å². The number of amides is 2. The van der Waals surface area contributed by atoms with Gasteiger partial charge in [0, 0.05) is 6.07 Å². The second kappa shape index (κ2) is 5.27. The van der Waals surface area contributed by atoms with Gasteiger partial charge in [0.25, 0.3) is 11.8 Å². The highest BCUT2D eigenvalue weighted by Crippen LogP contribution is 2.36. The molecule has 0 unspecified atom stereocenters. The number of fused-ring (bicyclic) bond motifs is 1. The summed E-state index contributed by atoms with van der Waals surface area (Å²) < 4.78 is 40.3. The van der Waals surface area contributed by atoms with Gasteiger partial charge < -0.3 is 4.74 Å². The van der Waals surface area contributed by atoms with Gasteiger partial charge in [0.1, 0.15) is 5.75 Å². The van der Waals surface area contributed by atoms with Crippen LogP contribution in [0, 0.1) is 0 Å². The Kier molecular flexibility index (Phi) is 3.52. The molecule has 0 radical (unpaired) electrons. The standard InChI is InChI=1S/C15H7ClF3NO3/c16-11-7-8(23-15(17,18)19)5-6-12(11)20-13(21)9-3-1-2-4-10(9)14(20)22/h1-7H. The molecule has 0 saturated carbocycles. The third-order valence-electron chi connectivity index (χ3n) is 3.19. The summed E-state index contributed by atoms with van der Waals surface area (Å²) in [4.78, 5) is 25.4. The highest BCUT2D eigenvalue weighted by atomic mass is 35.5. The lowest BCUT2D eigenvalue weighted by Gasteiger charge is -2.17. The van der Waals surface area contributed by atoms with Gasteiger partial charge in [-0.05, 0) is 24.3 Å². The van der Waals surface area contributed by atoms with Crippen molar-refractivity contribution >= 4 is 29.1 Å². The summed E-state index contributed by atoms with van der Waals surface area (Å²) in [5, 5.41) is -0.207. The molecule has 0 aromatic heterocycles. The first-order chi connectivity index (χ1) is 10.8. The minimum atomic E-state index is -4.86. The molecule has 2 aromatic rings. The number of hydrogen-bond acceptors (Lipinski definition) is 3. The molecule has 118 valence electrons. The van der Waals surface area contributed by atoms with E-state index in [-0.39, 0.29) is 21.8 Å². The third kappa shape index (κ3) is 2.75. The van der Waals surface area contributed by atoms with Gasteiger partial charge in [0.2, 0.25) is 0 Å². The minimum Gasteiger partial charge on any atom is -0.406 e. The zero-order valence-electron chi connectivity index (χ0n) is 11.2. The summed E-state index contributed by atoms with van der Waals surface area (Å²) >= 11 is 5.92. The van der Waals surface area contributed by atoms with E-state index in [9.17, 15) is 22.8 Å². The molecular formula is C15H7ClF3NO3. The second-order valence-electron chi connectivity index (χ2n) is 4.65. The quantitative estimate of drug-likeness (QED) is 0.774. The number of rotatable bonds is 2. The maximum absolute atomic E-state index is 12.3. The molecule has 4 nitrogen and oxygen atoms in total. The Balaban J connectivity index is 1.98. The molecule has 0 fully saturated rings. The Bertz CT molecular complexity index is 785. The van der Waals surface area contributed by atoms with Crippen molar-refractivity contribution in [2.24, 2.45) is 0 Å². The van der Waals surface area contributed by atoms with Crippen LogP contribution in [-0.2, 0) is 0 Å². The average Bonchev–Trinajstić information content (AvgIpc) is 2.71. The molecule has 2 amide bonds. The van der Waals surface area contributed by atoms with E-state index in [1.54, 1.807) is 12.1 Å². The zero-order chi connectivity index (χ0) is 16.8. The molecule has 0 aliphatic carbocycles. The van der Waals surface area contributed by atoms with Crippen LogP contribution < -0.4 is 9.64 Å². The smallest absolute Gasteiger partial charge is 0.406 e. The molecule has 1 heterocycles. The minimum absolute atomic E-state index is 0.00705. The Morgan fingerprint density at radius 2 is 1.52 bits per heavy atom. The Morgan fingerprint density at radius 1 is 0.957 bits per heavy atom. The van der Waals surface area contributed by atoms with E-state index in [1.165, 1.54) is 12.1 Å². The molecule has 1 aliphatic rings. The molecule has 8 heteroatoms. The number of nitrogens with zero attached hydrogens (tertiary/aromatic N) is 1. The van der Waals surface area contributed by atoms with Crippen molar-refractivity contribution < 1.29 is 27.5 Å². The molecular weight excluding hydrogens is 335 g/mol. The molecule has 0 N–H and O–H groups in total. The molecule has 1 aliphatic heterocycles.